The lowest BCUT2D eigenvalue weighted by molar-refractivity contribution is 0.00909. The van der Waals surface area contributed by atoms with Gasteiger partial charge in [-0.15, -0.1) is 0 Å². The maximum absolute atomic E-state index is 10.6. The Labute approximate surface area is 98.7 Å². The van der Waals surface area contributed by atoms with Gasteiger partial charge in [0, 0.05) is 25.0 Å². The summed E-state index contributed by atoms with van der Waals surface area (Å²) in [6.07, 6.45) is 3.32. The highest BCUT2D eigenvalue weighted by Gasteiger charge is 2.22. The molecule has 1 heterocycles. The topological polar surface area (TPSA) is 49.8 Å². The Morgan fingerprint density at radius 1 is 1.40 bits per heavy atom. The van der Waals surface area contributed by atoms with E-state index in [9.17, 15) is 4.79 Å². The smallest absolute Gasteiger partial charge is 0.407 e. The Balaban J connectivity index is 2.07. The van der Waals surface area contributed by atoms with Gasteiger partial charge in [0.05, 0.1) is 6.10 Å². The molecule has 0 saturated carbocycles. The molecule has 15 heavy (non-hydrogen) atoms. The number of ether oxygens (including phenoxy) is 1. The van der Waals surface area contributed by atoms with E-state index in [0.29, 0.717) is 13.1 Å². The predicted octanol–water partition coefficient (Wildman–Crippen LogP) is 2.32. The molecular formula is C10H18BrNO3. The highest BCUT2D eigenvalue weighted by molar-refractivity contribution is 9.09. The molecule has 1 fully saturated rings. The number of likely N-dealkylation sites (tertiary alicyclic amines) is 1. The van der Waals surface area contributed by atoms with E-state index in [0.717, 1.165) is 37.6 Å². The SMILES string of the molecule is O=C(O)N1CCC(OCCCCBr)CC1. The summed E-state index contributed by atoms with van der Waals surface area (Å²) in [5.74, 6) is 0. The summed E-state index contributed by atoms with van der Waals surface area (Å²) in [5.41, 5.74) is 0. The largest absolute Gasteiger partial charge is 0.465 e. The Bertz CT molecular complexity index is 193. The van der Waals surface area contributed by atoms with Crippen LogP contribution in [0.2, 0.25) is 0 Å². The molecule has 0 aromatic rings. The van der Waals surface area contributed by atoms with Gasteiger partial charge in [-0.25, -0.2) is 4.79 Å². The van der Waals surface area contributed by atoms with Crippen LogP contribution in [0.4, 0.5) is 4.79 Å². The number of piperidine rings is 1. The van der Waals surface area contributed by atoms with E-state index in [2.05, 4.69) is 15.9 Å². The number of nitrogens with zero attached hydrogens (tertiary/aromatic N) is 1. The molecule has 1 aliphatic heterocycles. The quantitative estimate of drug-likeness (QED) is 0.621. The van der Waals surface area contributed by atoms with Crippen LogP contribution in [0.15, 0.2) is 0 Å². The van der Waals surface area contributed by atoms with Gasteiger partial charge in [-0.2, -0.15) is 0 Å². The van der Waals surface area contributed by atoms with Crippen molar-refractivity contribution in [1.29, 1.82) is 0 Å². The summed E-state index contributed by atoms with van der Waals surface area (Å²) < 4.78 is 5.67. The van der Waals surface area contributed by atoms with Gasteiger partial charge >= 0.3 is 6.09 Å². The number of carboxylic acid groups (broad SMARTS) is 1. The van der Waals surface area contributed by atoms with Crippen LogP contribution in [0.3, 0.4) is 0 Å². The van der Waals surface area contributed by atoms with Crippen LogP contribution in [0.5, 0.6) is 0 Å². The maximum Gasteiger partial charge on any atom is 0.407 e. The van der Waals surface area contributed by atoms with Crippen LogP contribution in [0.1, 0.15) is 25.7 Å². The molecule has 0 radical (unpaired) electrons. The minimum Gasteiger partial charge on any atom is -0.465 e. The van der Waals surface area contributed by atoms with Crippen molar-refractivity contribution in [2.75, 3.05) is 25.0 Å². The molecule has 0 aliphatic carbocycles. The molecule has 5 heteroatoms. The van der Waals surface area contributed by atoms with E-state index in [4.69, 9.17) is 9.84 Å². The Morgan fingerprint density at radius 2 is 2.07 bits per heavy atom. The summed E-state index contributed by atoms with van der Waals surface area (Å²) in [6.45, 7) is 2.01. The molecule has 0 atom stereocenters. The van der Waals surface area contributed by atoms with E-state index in [1.54, 1.807) is 0 Å². The van der Waals surface area contributed by atoms with E-state index in [1.807, 2.05) is 0 Å². The van der Waals surface area contributed by atoms with Crippen molar-refractivity contribution in [2.45, 2.75) is 31.8 Å². The first-order valence-electron chi connectivity index (χ1n) is 5.39. The number of hydrogen-bond donors (Lipinski definition) is 1. The van der Waals surface area contributed by atoms with Crippen LogP contribution in [0.25, 0.3) is 0 Å². The minimum atomic E-state index is -0.812. The van der Waals surface area contributed by atoms with Crippen LogP contribution < -0.4 is 0 Å². The van der Waals surface area contributed by atoms with Gasteiger partial charge in [0.2, 0.25) is 0 Å². The molecule has 0 bridgehead atoms. The fourth-order valence-electron chi connectivity index (χ4n) is 1.66. The van der Waals surface area contributed by atoms with E-state index >= 15 is 0 Å². The summed E-state index contributed by atoms with van der Waals surface area (Å²) in [7, 11) is 0. The second kappa shape index (κ2) is 7.06. The fourth-order valence-corrected chi connectivity index (χ4v) is 2.06. The molecule has 4 nitrogen and oxygen atoms in total. The Morgan fingerprint density at radius 3 is 2.60 bits per heavy atom. The van der Waals surface area contributed by atoms with Gasteiger partial charge in [0.25, 0.3) is 0 Å². The van der Waals surface area contributed by atoms with Gasteiger partial charge in [-0.05, 0) is 25.7 Å². The van der Waals surface area contributed by atoms with Crippen molar-refractivity contribution >= 4 is 22.0 Å². The van der Waals surface area contributed by atoms with Crippen molar-refractivity contribution in [1.82, 2.24) is 4.90 Å². The van der Waals surface area contributed by atoms with Crippen LogP contribution in [0, 0.1) is 0 Å². The maximum atomic E-state index is 10.6. The lowest BCUT2D eigenvalue weighted by Crippen LogP contribution is -2.40. The molecule has 1 N–H and O–H groups in total. The zero-order valence-corrected chi connectivity index (χ0v) is 10.4. The third kappa shape index (κ3) is 4.84. The first-order chi connectivity index (χ1) is 7.24. The standard InChI is InChI=1S/C10H18BrNO3/c11-5-1-2-8-15-9-3-6-12(7-4-9)10(13)14/h9H,1-8H2,(H,13,14). The summed E-state index contributed by atoms with van der Waals surface area (Å²) >= 11 is 3.37. The third-order valence-corrected chi connectivity index (χ3v) is 3.15. The number of alkyl halides is 1. The predicted molar refractivity (Wildman–Crippen MR) is 61.6 cm³/mol. The van der Waals surface area contributed by atoms with Crippen LogP contribution >= 0.6 is 15.9 Å². The zero-order valence-electron chi connectivity index (χ0n) is 8.82. The first kappa shape index (κ1) is 12.8. The molecule has 1 rings (SSSR count). The molecule has 0 aromatic carbocycles. The third-order valence-electron chi connectivity index (χ3n) is 2.59. The molecule has 1 aliphatic rings. The molecule has 88 valence electrons. The number of hydrogen-bond acceptors (Lipinski definition) is 2. The van der Waals surface area contributed by atoms with E-state index in [1.165, 1.54) is 4.90 Å². The molecule has 0 unspecified atom stereocenters. The molecule has 0 aromatic heterocycles. The van der Waals surface area contributed by atoms with E-state index in [-0.39, 0.29) is 6.10 Å². The van der Waals surface area contributed by atoms with Crippen molar-refractivity contribution in [3.8, 4) is 0 Å². The lowest BCUT2D eigenvalue weighted by atomic mass is 10.1. The number of carbonyl (C=O) groups is 1. The average Bonchev–Trinajstić information content (AvgIpc) is 2.25. The molecule has 0 spiro atoms. The van der Waals surface area contributed by atoms with Crippen LogP contribution in [-0.2, 0) is 4.74 Å². The van der Waals surface area contributed by atoms with Crippen molar-refractivity contribution in [2.24, 2.45) is 0 Å². The average molecular weight is 280 g/mol. The first-order valence-corrected chi connectivity index (χ1v) is 6.51. The summed E-state index contributed by atoms with van der Waals surface area (Å²) in [4.78, 5) is 12.1. The monoisotopic (exact) mass is 279 g/mol. The zero-order chi connectivity index (χ0) is 11.1. The Hall–Kier alpha value is -0.290. The molecule has 1 amide bonds. The Kier molecular flexibility index (Phi) is 6.02. The van der Waals surface area contributed by atoms with Crippen molar-refractivity contribution in [3.63, 3.8) is 0 Å². The summed E-state index contributed by atoms with van der Waals surface area (Å²) in [5, 5.41) is 9.77. The molecule has 1 saturated heterocycles. The summed E-state index contributed by atoms with van der Waals surface area (Å²) in [6, 6.07) is 0. The van der Waals surface area contributed by atoms with E-state index < -0.39 is 6.09 Å². The number of halogens is 1. The normalized spacial score (nSPS) is 18.1. The number of amides is 1. The van der Waals surface area contributed by atoms with Gasteiger partial charge in [0.15, 0.2) is 0 Å². The second-order valence-corrected chi connectivity index (χ2v) is 4.53. The fraction of sp³-hybridized carbons (Fsp3) is 0.900. The lowest BCUT2D eigenvalue weighted by Gasteiger charge is -2.29. The van der Waals surface area contributed by atoms with Crippen molar-refractivity contribution < 1.29 is 14.6 Å². The molecular weight excluding hydrogens is 262 g/mol. The van der Waals surface area contributed by atoms with Crippen molar-refractivity contribution in [3.05, 3.63) is 0 Å². The van der Waals surface area contributed by atoms with Gasteiger partial charge < -0.3 is 14.7 Å². The highest BCUT2D eigenvalue weighted by Crippen LogP contribution is 2.14. The van der Waals surface area contributed by atoms with Gasteiger partial charge in [-0.3, -0.25) is 0 Å². The van der Waals surface area contributed by atoms with Gasteiger partial charge in [-0.1, -0.05) is 15.9 Å². The second-order valence-electron chi connectivity index (χ2n) is 3.74. The minimum absolute atomic E-state index is 0.260. The van der Waals surface area contributed by atoms with Gasteiger partial charge in [0.1, 0.15) is 0 Å². The highest BCUT2D eigenvalue weighted by atomic mass is 79.9. The number of unbranched alkanes of at least 4 members (excludes halogenated alkanes) is 1. The van der Waals surface area contributed by atoms with Crippen LogP contribution in [-0.4, -0.2) is 47.2 Å². The number of rotatable bonds is 5.